The van der Waals surface area contributed by atoms with Crippen molar-refractivity contribution in [3.63, 3.8) is 0 Å². The predicted octanol–water partition coefficient (Wildman–Crippen LogP) is 3.59. The van der Waals surface area contributed by atoms with Crippen LogP contribution in [0.15, 0.2) is 34.9 Å². The number of hydrogen-bond donors (Lipinski definition) is 2. The average molecular weight is 338 g/mol. The van der Waals surface area contributed by atoms with Gasteiger partial charge in [-0.2, -0.15) is 0 Å². The van der Waals surface area contributed by atoms with Crippen molar-refractivity contribution in [1.29, 1.82) is 0 Å². The summed E-state index contributed by atoms with van der Waals surface area (Å²) in [4.78, 5) is 16.1. The molecule has 0 aliphatic rings. The molecule has 1 aromatic heterocycles. The molecule has 0 saturated heterocycles. The van der Waals surface area contributed by atoms with E-state index < -0.39 is 5.82 Å². The van der Waals surface area contributed by atoms with Crippen LogP contribution in [0.25, 0.3) is 0 Å². The predicted molar refractivity (Wildman–Crippen MR) is 80.6 cm³/mol. The maximum absolute atomic E-state index is 13.5. The zero-order chi connectivity index (χ0) is 14.7. The highest BCUT2D eigenvalue weighted by molar-refractivity contribution is 9.10. The van der Waals surface area contributed by atoms with Gasteiger partial charge >= 0.3 is 0 Å². The monoisotopic (exact) mass is 337 g/mol. The average Bonchev–Trinajstić information content (AvgIpc) is 2.44. The quantitative estimate of drug-likeness (QED) is 0.899. The van der Waals surface area contributed by atoms with E-state index in [2.05, 4.69) is 31.5 Å². The Balaban J connectivity index is 2.25. The van der Waals surface area contributed by atoms with E-state index >= 15 is 0 Å². The SMILES string of the molecule is CNc1ccnc(C(=O)Nc2cc(F)c(Br)cc2C)c1. The molecule has 0 spiro atoms. The Morgan fingerprint density at radius 2 is 2.10 bits per heavy atom. The molecular formula is C14H13BrFN3O. The third kappa shape index (κ3) is 3.14. The fourth-order valence-corrected chi connectivity index (χ4v) is 2.14. The Hall–Kier alpha value is -1.95. The van der Waals surface area contributed by atoms with E-state index in [-0.39, 0.29) is 11.6 Å². The van der Waals surface area contributed by atoms with Crippen molar-refractivity contribution in [1.82, 2.24) is 4.98 Å². The molecule has 0 saturated carbocycles. The molecular weight excluding hydrogens is 325 g/mol. The zero-order valence-electron chi connectivity index (χ0n) is 11.0. The minimum atomic E-state index is -0.428. The molecule has 0 aliphatic heterocycles. The standard InChI is InChI=1S/C14H13BrFN3O/c1-8-5-10(15)11(16)7-12(8)19-14(20)13-6-9(17-2)3-4-18-13/h3-7H,1-2H3,(H,17,18)(H,19,20). The zero-order valence-corrected chi connectivity index (χ0v) is 12.6. The van der Waals surface area contributed by atoms with Gasteiger partial charge in [-0.3, -0.25) is 9.78 Å². The van der Waals surface area contributed by atoms with E-state index in [1.54, 1.807) is 32.2 Å². The van der Waals surface area contributed by atoms with E-state index in [4.69, 9.17) is 0 Å². The molecule has 0 bridgehead atoms. The number of hydrogen-bond acceptors (Lipinski definition) is 3. The van der Waals surface area contributed by atoms with Gasteiger partial charge in [-0.05, 0) is 52.7 Å². The third-order valence-electron chi connectivity index (χ3n) is 2.80. The molecule has 104 valence electrons. The van der Waals surface area contributed by atoms with E-state index in [0.717, 1.165) is 11.3 Å². The Labute approximate surface area is 124 Å². The van der Waals surface area contributed by atoms with Crippen LogP contribution in [0.3, 0.4) is 0 Å². The number of nitrogens with zero attached hydrogens (tertiary/aromatic N) is 1. The molecule has 0 unspecified atom stereocenters. The first kappa shape index (κ1) is 14.5. The Morgan fingerprint density at radius 1 is 1.35 bits per heavy atom. The minimum absolute atomic E-state index is 0.263. The lowest BCUT2D eigenvalue weighted by molar-refractivity contribution is 0.102. The van der Waals surface area contributed by atoms with Crippen LogP contribution in [0.2, 0.25) is 0 Å². The number of amides is 1. The normalized spacial score (nSPS) is 10.2. The van der Waals surface area contributed by atoms with E-state index in [9.17, 15) is 9.18 Å². The van der Waals surface area contributed by atoms with Crippen LogP contribution in [0.5, 0.6) is 0 Å². The first-order valence-corrected chi connectivity index (χ1v) is 6.71. The van der Waals surface area contributed by atoms with E-state index in [1.807, 2.05) is 0 Å². The highest BCUT2D eigenvalue weighted by Crippen LogP contribution is 2.24. The lowest BCUT2D eigenvalue weighted by Gasteiger charge is -2.09. The highest BCUT2D eigenvalue weighted by atomic mass is 79.9. The number of carbonyl (C=O) groups excluding carboxylic acids is 1. The Bertz CT molecular complexity index is 661. The molecule has 6 heteroatoms. The second-order valence-corrected chi connectivity index (χ2v) is 5.07. The molecule has 2 N–H and O–H groups in total. The van der Waals surface area contributed by atoms with Crippen LogP contribution >= 0.6 is 15.9 Å². The van der Waals surface area contributed by atoms with Crippen molar-refractivity contribution in [3.8, 4) is 0 Å². The topological polar surface area (TPSA) is 54.0 Å². The van der Waals surface area contributed by atoms with Gasteiger partial charge in [0.15, 0.2) is 0 Å². The molecule has 20 heavy (non-hydrogen) atoms. The number of halogens is 2. The van der Waals surface area contributed by atoms with Gasteiger partial charge in [0.1, 0.15) is 11.5 Å². The number of aromatic nitrogens is 1. The van der Waals surface area contributed by atoms with Gasteiger partial charge in [-0.1, -0.05) is 0 Å². The van der Waals surface area contributed by atoms with Gasteiger partial charge in [0.2, 0.25) is 0 Å². The van der Waals surface area contributed by atoms with Crippen LogP contribution in [0.4, 0.5) is 15.8 Å². The minimum Gasteiger partial charge on any atom is -0.388 e. The van der Waals surface area contributed by atoms with Crippen molar-refractivity contribution in [2.24, 2.45) is 0 Å². The molecule has 1 heterocycles. The van der Waals surface area contributed by atoms with Crippen molar-refractivity contribution in [2.75, 3.05) is 17.7 Å². The fraction of sp³-hybridized carbons (Fsp3) is 0.143. The highest BCUT2D eigenvalue weighted by Gasteiger charge is 2.11. The molecule has 0 atom stereocenters. The van der Waals surface area contributed by atoms with Crippen molar-refractivity contribution >= 4 is 33.2 Å². The van der Waals surface area contributed by atoms with Crippen molar-refractivity contribution in [3.05, 3.63) is 52.0 Å². The summed E-state index contributed by atoms with van der Waals surface area (Å²) in [7, 11) is 1.76. The lowest BCUT2D eigenvalue weighted by atomic mass is 10.2. The molecule has 1 amide bonds. The molecule has 4 nitrogen and oxygen atoms in total. The van der Waals surface area contributed by atoms with Crippen LogP contribution in [-0.4, -0.2) is 17.9 Å². The van der Waals surface area contributed by atoms with Gasteiger partial charge in [-0.15, -0.1) is 0 Å². The summed E-state index contributed by atoms with van der Waals surface area (Å²) >= 11 is 3.10. The van der Waals surface area contributed by atoms with Gasteiger partial charge in [0.05, 0.1) is 4.47 Å². The van der Waals surface area contributed by atoms with Gasteiger partial charge < -0.3 is 10.6 Å². The smallest absolute Gasteiger partial charge is 0.274 e. The number of pyridine rings is 1. The van der Waals surface area contributed by atoms with Crippen LogP contribution < -0.4 is 10.6 Å². The number of rotatable bonds is 3. The van der Waals surface area contributed by atoms with Crippen molar-refractivity contribution in [2.45, 2.75) is 6.92 Å². The van der Waals surface area contributed by atoms with Crippen LogP contribution in [0, 0.1) is 12.7 Å². The summed E-state index contributed by atoms with van der Waals surface area (Å²) in [5.74, 6) is -0.810. The second-order valence-electron chi connectivity index (χ2n) is 4.22. The largest absolute Gasteiger partial charge is 0.388 e. The first-order valence-electron chi connectivity index (χ1n) is 5.92. The first-order chi connectivity index (χ1) is 9.51. The maximum Gasteiger partial charge on any atom is 0.274 e. The lowest BCUT2D eigenvalue weighted by Crippen LogP contribution is -2.15. The summed E-state index contributed by atoms with van der Waals surface area (Å²) < 4.78 is 13.9. The van der Waals surface area contributed by atoms with Gasteiger partial charge in [0.25, 0.3) is 5.91 Å². The van der Waals surface area contributed by atoms with Crippen LogP contribution in [-0.2, 0) is 0 Å². The van der Waals surface area contributed by atoms with Crippen molar-refractivity contribution < 1.29 is 9.18 Å². The molecule has 0 aliphatic carbocycles. The molecule has 2 rings (SSSR count). The number of aryl methyl sites for hydroxylation is 1. The van der Waals surface area contributed by atoms with E-state index in [1.165, 1.54) is 12.3 Å². The Morgan fingerprint density at radius 3 is 2.80 bits per heavy atom. The number of anilines is 2. The summed E-state index contributed by atoms with van der Waals surface area (Å²) in [6.45, 7) is 1.79. The molecule has 1 aromatic carbocycles. The summed E-state index contributed by atoms with van der Waals surface area (Å²) in [5.41, 5.74) is 2.23. The molecule has 2 aromatic rings. The Kier molecular flexibility index (Phi) is 4.34. The number of benzene rings is 1. The summed E-state index contributed by atoms with van der Waals surface area (Å²) in [6, 6.07) is 6.27. The summed E-state index contributed by atoms with van der Waals surface area (Å²) in [6.07, 6.45) is 1.54. The third-order valence-corrected chi connectivity index (χ3v) is 3.40. The van der Waals surface area contributed by atoms with Gasteiger partial charge in [-0.25, -0.2) is 4.39 Å². The van der Waals surface area contributed by atoms with Gasteiger partial charge in [0, 0.05) is 24.6 Å². The number of nitrogens with one attached hydrogen (secondary N) is 2. The summed E-state index contributed by atoms with van der Waals surface area (Å²) in [5, 5.41) is 5.58. The number of carbonyl (C=O) groups is 1. The van der Waals surface area contributed by atoms with Crippen LogP contribution in [0.1, 0.15) is 16.1 Å². The maximum atomic E-state index is 13.5. The molecule has 0 radical (unpaired) electrons. The fourth-order valence-electron chi connectivity index (χ4n) is 1.68. The van der Waals surface area contributed by atoms with E-state index in [0.29, 0.717) is 10.2 Å². The second kappa shape index (κ2) is 6.00. The molecule has 0 fully saturated rings.